The van der Waals surface area contributed by atoms with Gasteiger partial charge in [0.1, 0.15) is 11.6 Å². The van der Waals surface area contributed by atoms with Gasteiger partial charge in [-0.05, 0) is 19.9 Å². The highest BCUT2D eigenvalue weighted by Crippen LogP contribution is 2.29. The Balaban J connectivity index is 2.87. The average molecular weight is 327 g/mol. The molecule has 0 aliphatic carbocycles. The zero-order valence-corrected chi connectivity index (χ0v) is 12.0. The van der Waals surface area contributed by atoms with Gasteiger partial charge in [0.05, 0.1) is 16.8 Å². The van der Waals surface area contributed by atoms with Crippen LogP contribution in [0.4, 0.5) is 14.9 Å². The Morgan fingerprint density at radius 3 is 2.60 bits per heavy atom. The maximum atomic E-state index is 13.0. The van der Waals surface area contributed by atoms with Crippen molar-refractivity contribution in [1.29, 1.82) is 0 Å². The second-order valence-corrected chi connectivity index (χ2v) is 5.77. The van der Waals surface area contributed by atoms with E-state index in [0.29, 0.717) is 6.07 Å². The number of phenolic OH excluding ortho intramolecular Hbond substituents is 1. The van der Waals surface area contributed by atoms with Crippen molar-refractivity contribution in [1.82, 2.24) is 4.72 Å². The Bertz CT molecular complexity index is 620. The van der Waals surface area contributed by atoms with Crippen LogP contribution in [0.2, 0.25) is 5.02 Å². The molecule has 1 amide bonds. The normalized spacial score (nSPS) is 11.2. The summed E-state index contributed by atoms with van der Waals surface area (Å²) >= 11 is 5.46. The highest BCUT2D eigenvalue weighted by molar-refractivity contribution is 7.91. The first-order valence-electron chi connectivity index (χ1n) is 5.30. The smallest absolute Gasteiger partial charge is 0.422 e. The zero-order valence-electron chi connectivity index (χ0n) is 10.5. The van der Waals surface area contributed by atoms with E-state index in [1.54, 1.807) is 4.72 Å². The number of halogens is 2. The molecule has 0 spiro atoms. The lowest BCUT2D eigenvalue weighted by molar-refractivity contribution is 0.121. The van der Waals surface area contributed by atoms with Crippen LogP contribution in [0.1, 0.15) is 13.8 Å². The van der Waals surface area contributed by atoms with Gasteiger partial charge in [-0.2, -0.15) is 8.42 Å². The van der Waals surface area contributed by atoms with Gasteiger partial charge < -0.3 is 9.84 Å². The molecule has 0 heterocycles. The van der Waals surface area contributed by atoms with Crippen LogP contribution in [0.15, 0.2) is 12.1 Å². The molecular weight excluding hydrogens is 315 g/mol. The first-order valence-corrected chi connectivity index (χ1v) is 7.16. The quantitative estimate of drug-likeness (QED) is 0.734. The first kappa shape index (κ1) is 16.3. The summed E-state index contributed by atoms with van der Waals surface area (Å²) in [6.07, 6.45) is -1.71. The Morgan fingerprint density at radius 2 is 2.05 bits per heavy atom. The van der Waals surface area contributed by atoms with Crippen LogP contribution in [-0.4, -0.2) is 25.7 Å². The lowest BCUT2D eigenvalue weighted by Crippen LogP contribution is -2.36. The molecule has 0 radical (unpaired) electrons. The summed E-state index contributed by atoms with van der Waals surface area (Å²) in [5.41, 5.74) is -0.388. The van der Waals surface area contributed by atoms with Crippen LogP contribution in [0.5, 0.6) is 5.75 Å². The van der Waals surface area contributed by atoms with Gasteiger partial charge in [0.25, 0.3) is 0 Å². The van der Waals surface area contributed by atoms with E-state index in [1.807, 2.05) is 4.72 Å². The molecule has 112 valence electrons. The molecule has 0 saturated heterocycles. The summed E-state index contributed by atoms with van der Waals surface area (Å²) in [6, 6.07) is 1.49. The van der Waals surface area contributed by atoms with Gasteiger partial charge in [-0.1, -0.05) is 11.6 Å². The molecule has 1 aromatic rings. The summed E-state index contributed by atoms with van der Waals surface area (Å²) in [5, 5.41) is 8.99. The maximum absolute atomic E-state index is 13.0. The second-order valence-electron chi connectivity index (χ2n) is 3.95. The highest BCUT2D eigenvalue weighted by atomic mass is 35.5. The van der Waals surface area contributed by atoms with Crippen LogP contribution in [0, 0.1) is 5.82 Å². The van der Waals surface area contributed by atoms with Crippen molar-refractivity contribution in [2.75, 3.05) is 4.72 Å². The predicted octanol–water partition coefficient (Wildman–Crippen LogP) is 1.98. The van der Waals surface area contributed by atoms with E-state index >= 15 is 0 Å². The van der Waals surface area contributed by atoms with Crippen molar-refractivity contribution in [2.45, 2.75) is 20.0 Å². The first-order chi connectivity index (χ1) is 9.10. The predicted molar refractivity (Wildman–Crippen MR) is 70.4 cm³/mol. The monoisotopic (exact) mass is 326 g/mol. The number of anilines is 1. The molecule has 0 aliphatic rings. The van der Waals surface area contributed by atoms with E-state index in [2.05, 4.69) is 4.74 Å². The lowest BCUT2D eigenvalue weighted by atomic mass is 10.3. The number of nitrogens with one attached hydrogen (secondary N) is 2. The van der Waals surface area contributed by atoms with Crippen molar-refractivity contribution in [3.8, 4) is 5.75 Å². The Hall–Kier alpha value is -1.74. The zero-order chi connectivity index (χ0) is 15.5. The number of rotatable bonds is 4. The number of hydrogen-bond acceptors (Lipinski definition) is 5. The standard InChI is InChI=1S/C10H12ClFN2O5S/c1-5(2)19-10(16)14-20(17,18)13-8-3-6(11)7(12)4-9(8)15/h3-5,13,15H,1-2H3,(H,14,16). The third-order valence-electron chi connectivity index (χ3n) is 1.84. The Labute approximate surface area is 119 Å². The number of carbonyl (C=O) groups excluding carboxylic acids is 1. The molecule has 0 aliphatic heterocycles. The molecular formula is C10H12ClFN2O5S. The molecule has 3 N–H and O–H groups in total. The molecule has 0 bridgehead atoms. The summed E-state index contributed by atoms with van der Waals surface area (Å²) in [7, 11) is -4.35. The average Bonchev–Trinajstić information content (AvgIpc) is 2.23. The fraction of sp³-hybridized carbons (Fsp3) is 0.300. The largest absolute Gasteiger partial charge is 0.506 e. The van der Waals surface area contributed by atoms with Gasteiger partial charge in [0, 0.05) is 6.07 Å². The number of hydrogen-bond donors (Lipinski definition) is 3. The van der Waals surface area contributed by atoms with Gasteiger partial charge >= 0.3 is 16.3 Å². The van der Waals surface area contributed by atoms with E-state index in [9.17, 15) is 22.7 Å². The van der Waals surface area contributed by atoms with Crippen molar-refractivity contribution < 1.29 is 27.4 Å². The fourth-order valence-corrected chi connectivity index (χ4v) is 2.07. The number of carbonyl (C=O) groups is 1. The van der Waals surface area contributed by atoms with Crippen molar-refractivity contribution in [3.05, 3.63) is 23.0 Å². The Morgan fingerprint density at radius 1 is 1.45 bits per heavy atom. The van der Waals surface area contributed by atoms with Gasteiger partial charge in [0.2, 0.25) is 0 Å². The summed E-state index contributed by atoms with van der Waals surface area (Å²) < 4.78 is 44.1. The third-order valence-corrected chi connectivity index (χ3v) is 3.06. The molecule has 1 aromatic carbocycles. The van der Waals surface area contributed by atoms with Gasteiger partial charge in [-0.25, -0.2) is 13.9 Å². The van der Waals surface area contributed by atoms with Gasteiger partial charge in [-0.3, -0.25) is 4.72 Å². The summed E-state index contributed by atoms with van der Waals surface area (Å²) in [6.45, 7) is 3.07. The summed E-state index contributed by atoms with van der Waals surface area (Å²) in [4.78, 5) is 11.2. The number of ether oxygens (including phenoxy) is 1. The van der Waals surface area contributed by atoms with Crippen molar-refractivity contribution in [2.24, 2.45) is 0 Å². The summed E-state index contributed by atoms with van der Waals surface area (Å²) in [5.74, 6) is -1.60. The minimum Gasteiger partial charge on any atom is -0.506 e. The van der Waals surface area contributed by atoms with Crippen molar-refractivity contribution >= 4 is 33.6 Å². The number of benzene rings is 1. The molecule has 7 nitrogen and oxygen atoms in total. The number of aromatic hydroxyl groups is 1. The SMILES string of the molecule is CC(C)OC(=O)NS(=O)(=O)Nc1cc(Cl)c(F)cc1O. The van der Waals surface area contributed by atoms with E-state index < -0.39 is 39.0 Å². The lowest BCUT2D eigenvalue weighted by Gasteiger charge is -2.12. The second kappa shape index (κ2) is 6.14. The van der Waals surface area contributed by atoms with E-state index in [4.69, 9.17) is 11.6 Å². The highest BCUT2D eigenvalue weighted by Gasteiger charge is 2.19. The van der Waals surface area contributed by atoms with Crippen LogP contribution in [0.3, 0.4) is 0 Å². The molecule has 1 rings (SSSR count). The molecule has 0 unspecified atom stereocenters. The van der Waals surface area contributed by atoms with Crippen LogP contribution < -0.4 is 9.44 Å². The number of amides is 1. The van der Waals surface area contributed by atoms with E-state index in [-0.39, 0.29) is 5.69 Å². The van der Waals surface area contributed by atoms with Crippen LogP contribution in [-0.2, 0) is 14.9 Å². The maximum Gasteiger partial charge on any atom is 0.422 e. The van der Waals surface area contributed by atoms with E-state index in [1.165, 1.54) is 13.8 Å². The fourth-order valence-electron chi connectivity index (χ4n) is 1.14. The van der Waals surface area contributed by atoms with E-state index in [0.717, 1.165) is 6.07 Å². The minimum absolute atomic E-state index is 0.388. The van der Waals surface area contributed by atoms with Crippen LogP contribution in [0.25, 0.3) is 0 Å². The molecule has 0 atom stereocenters. The Kier molecular flexibility index (Phi) is 5.01. The molecule has 20 heavy (non-hydrogen) atoms. The minimum atomic E-state index is -4.35. The van der Waals surface area contributed by atoms with Crippen molar-refractivity contribution in [3.63, 3.8) is 0 Å². The topological polar surface area (TPSA) is 105 Å². The van der Waals surface area contributed by atoms with Gasteiger partial charge in [-0.15, -0.1) is 0 Å². The molecule has 10 heteroatoms. The third kappa shape index (κ3) is 4.74. The molecule has 0 fully saturated rings. The number of phenols is 1. The molecule has 0 aromatic heterocycles. The van der Waals surface area contributed by atoms with Crippen LogP contribution >= 0.6 is 11.6 Å². The molecule has 0 saturated carbocycles. The van der Waals surface area contributed by atoms with Gasteiger partial charge in [0.15, 0.2) is 0 Å².